The molecule has 0 fully saturated rings. The van der Waals surface area contributed by atoms with Gasteiger partial charge in [-0.2, -0.15) is 0 Å². The Bertz CT molecular complexity index is 780. The van der Waals surface area contributed by atoms with Crippen LogP contribution in [0, 0.1) is 0 Å². The summed E-state index contributed by atoms with van der Waals surface area (Å²) in [6.07, 6.45) is 1.07. The number of rotatable bonds is 9. The topological polar surface area (TPSA) is 90.7 Å². The number of carbonyl (C=O) groups is 2. The number of aryl methyl sites for hydroxylation is 1. The smallest absolute Gasteiger partial charge is 0.255 e. The lowest BCUT2D eigenvalue weighted by Crippen LogP contribution is -2.23. The predicted octanol–water partition coefficient (Wildman–Crippen LogP) is 2.57. The standard InChI is InChI=1S/C19H21BrN2O4/c1-25-17-10-13(6-8-16(17)26-12-18(21)23)11-22-19(24)9-7-14-4-2-3-5-15(14)20/h2-6,8,10H,7,9,11-12H2,1H3,(H2,21,23)(H,22,24). The number of methoxy groups -OCH3 is 1. The number of ether oxygens (including phenoxy) is 2. The zero-order valence-corrected chi connectivity index (χ0v) is 16.0. The van der Waals surface area contributed by atoms with Crippen LogP contribution in [0.2, 0.25) is 0 Å². The van der Waals surface area contributed by atoms with Crippen molar-refractivity contribution in [2.45, 2.75) is 19.4 Å². The van der Waals surface area contributed by atoms with Gasteiger partial charge in [0, 0.05) is 17.4 Å². The van der Waals surface area contributed by atoms with Crippen molar-refractivity contribution >= 4 is 27.7 Å². The van der Waals surface area contributed by atoms with E-state index in [1.807, 2.05) is 24.3 Å². The Kier molecular flexibility index (Phi) is 7.47. The second-order valence-electron chi connectivity index (χ2n) is 5.61. The molecular weight excluding hydrogens is 400 g/mol. The van der Waals surface area contributed by atoms with E-state index >= 15 is 0 Å². The van der Waals surface area contributed by atoms with Crippen molar-refractivity contribution in [1.82, 2.24) is 5.32 Å². The van der Waals surface area contributed by atoms with Crippen molar-refractivity contribution in [1.29, 1.82) is 0 Å². The number of amides is 2. The molecule has 0 aliphatic carbocycles. The van der Waals surface area contributed by atoms with Gasteiger partial charge in [-0.1, -0.05) is 40.2 Å². The minimum absolute atomic E-state index is 0.0335. The Morgan fingerprint density at radius 2 is 1.92 bits per heavy atom. The van der Waals surface area contributed by atoms with Crippen LogP contribution in [0.3, 0.4) is 0 Å². The van der Waals surface area contributed by atoms with Gasteiger partial charge in [-0.15, -0.1) is 0 Å². The molecule has 6 nitrogen and oxygen atoms in total. The van der Waals surface area contributed by atoms with Gasteiger partial charge in [0.15, 0.2) is 18.1 Å². The quantitative estimate of drug-likeness (QED) is 0.651. The molecule has 0 aliphatic rings. The molecule has 2 aromatic rings. The van der Waals surface area contributed by atoms with E-state index in [9.17, 15) is 9.59 Å². The highest BCUT2D eigenvalue weighted by atomic mass is 79.9. The molecule has 2 rings (SSSR count). The molecule has 0 radical (unpaired) electrons. The third-order valence-electron chi connectivity index (χ3n) is 3.67. The number of primary amides is 1. The third kappa shape index (κ3) is 6.07. The van der Waals surface area contributed by atoms with Crippen molar-refractivity contribution < 1.29 is 19.1 Å². The largest absolute Gasteiger partial charge is 0.493 e. The Morgan fingerprint density at radius 1 is 1.15 bits per heavy atom. The second-order valence-corrected chi connectivity index (χ2v) is 6.46. The van der Waals surface area contributed by atoms with E-state index in [-0.39, 0.29) is 12.5 Å². The van der Waals surface area contributed by atoms with Gasteiger partial charge in [-0.25, -0.2) is 0 Å². The van der Waals surface area contributed by atoms with Crippen LogP contribution in [-0.4, -0.2) is 25.5 Å². The summed E-state index contributed by atoms with van der Waals surface area (Å²) >= 11 is 3.48. The Hall–Kier alpha value is -2.54. The molecule has 0 unspecified atom stereocenters. The zero-order chi connectivity index (χ0) is 18.9. The van der Waals surface area contributed by atoms with Gasteiger partial charge in [0.25, 0.3) is 5.91 Å². The molecule has 0 bridgehead atoms. The summed E-state index contributed by atoms with van der Waals surface area (Å²) in [6, 6.07) is 13.1. The van der Waals surface area contributed by atoms with E-state index in [1.54, 1.807) is 18.2 Å². The summed E-state index contributed by atoms with van der Waals surface area (Å²) < 4.78 is 11.5. The number of hydrogen-bond acceptors (Lipinski definition) is 4. The molecule has 3 N–H and O–H groups in total. The molecule has 0 saturated carbocycles. The van der Waals surface area contributed by atoms with Gasteiger partial charge in [0.1, 0.15) is 0 Å². The van der Waals surface area contributed by atoms with E-state index in [0.717, 1.165) is 15.6 Å². The molecule has 2 amide bonds. The lowest BCUT2D eigenvalue weighted by Gasteiger charge is -2.12. The van der Waals surface area contributed by atoms with Gasteiger partial charge in [0.2, 0.25) is 5.91 Å². The Morgan fingerprint density at radius 3 is 2.62 bits per heavy atom. The summed E-state index contributed by atoms with van der Waals surface area (Å²) in [7, 11) is 1.51. The van der Waals surface area contributed by atoms with Gasteiger partial charge < -0.3 is 20.5 Å². The fourth-order valence-electron chi connectivity index (χ4n) is 2.33. The maximum Gasteiger partial charge on any atom is 0.255 e. The molecule has 7 heteroatoms. The summed E-state index contributed by atoms with van der Waals surface area (Å²) in [5.74, 6) is 0.309. The van der Waals surface area contributed by atoms with Crippen LogP contribution < -0.4 is 20.5 Å². The average Bonchev–Trinajstić information content (AvgIpc) is 2.64. The number of benzene rings is 2. The summed E-state index contributed by atoms with van der Waals surface area (Å²) in [4.78, 5) is 22.9. The van der Waals surface area contributed by atoms with E-state index in [0.29, 0.717) is 30.9 Å². The first-order valence-corrected chi connectivity index (χ1v) is 8.87. The van der Waals surface area contributed by atoms with Crippen LogP contribution in [0.15, 0.2) is 46.9 Å². The maximum atomic E-state index is 12.1. The van der Waals surface area contributed by atoms with Crippen molar-refractivity contribution in [3.8, 4) is 11.5 Å². The molecule has 0 aliphatic heterocycles. The fraction of sp³-hybridized carbons (Fsp3) is 0.263. The first-order valence-electron chi connectivity index (χ1n) is 8.07. The minimum atomic E-state index is -0.562. The van der Waals surface area contributed by atoms with Crippen molar-refractivity contribution in [2.75, 3.05) is 13.7 Å². The molecule has 0 atom stereocenters. The van der Waals surface area contributed by atoms with Gasteiger partial charge in [-0.05, 0) is 35.7 Å². The molecule has 26 heavy (non-hydrogen) atoms. The third-order valence-corrected chi connectivity index (χ3v) is 4.44. The molecule has 0 saturated heterocycles. The highest BCUT2D eigenvalue weighted by Crippen LogP contribution is 2.28. The maximum absolute atomic E-state index is 12.1. The number of carbonyl (C=O) groups excluding carboxylic acids is 2. The van der Waals surface area contributed by atoms with Crippen molar-refractivity contribution in [3.63, 3.8) is 0 Å². The molecule has 138 valence electrons. The monoisotopic (exact) mass is 420 g/mol. The molecule has 0 spiro atoms. The van der Waals surface area contributed by atoms with Crippen LogP contribution in [-0.2, 0) is 22.6 Å². The van der Waals surface area contributed by atoms with E-state index in [2.05, 4.69) is 21.2 Å². The van der Waals surface area contributed by atoms with E-state index in [4.69, 9.17) is 15.2 Å². The summed E-state index contributed by atoms with van der Waals surface area (Å²) in [6.45, 7) is 0.155. The highest BCUT2D eigenvalue weighted by molar-refractivity contribution is 9.10. The molecular formula is C19H21BrN2O4. The van der Waals surface area contributed by atoms with Crippen molar-refractivity contribution in [3.05, 3.63) is 58.1 Å². The van der Waals surface area contributed by atoms with E-state index < -0.39 is 5.91 Å². The first kappa shape index (κ1) is 19.8. The van der Waals surface area contributed by atoms with Crippen LogP contribution in [0.1, 0.15) is 17.5 Å². The zero-order valence-electron chi connectivity index (χ0n) is 14.5. The van der Waals surface area contributed by atoms with Crippen LogP contribution >= 0.6 is 15.9 Å². The van der Waals surface area contributed by atoms with Crippen LogP contribution in [0.25, 0.3) is 0 Å². The van der Waals surface area contributed by atoms with Crippen molar-refractivity contribution in [2.24, 2.45) is 5.73 Å². The average molecular weight is 421 g/mol. The lowest BCUT2D eigenvalue weighted by molar-refractivity contribution is -0.121. The first-order chi connectivity index (χ1) is 12.5. The van der Waals surface area contributed by atoms with Crippen LogP contribution in [0.4, 0.5) is 0 Å². The predicted molar refractivity (Wildman–Crippen MR) is 102 cm³/mol. The van der Waals surface area contributed by atoms with E-state index in [1.165, 1.54) is 7.11 Å². The highest BCUT2D eigenvalue weighted by Gasteiger charge is 2.09. The number of halogens is 1. The van der Waals surface area contributed by atoms with Gasteiger partial charge in [-0.3, -0.25) is 9.59 Å². The normalized spacial score (nSPS) is 10.2. The second kappa shape index (κ2) is 9.82. The lowest BCUT2D eigenvalue weighted by atomic mass is 10.1. The molecule has 0 heterocycles. The SMILES string of the molecule is COc1cc(CNC(=O)CCc2ccccc2Br)ccc1OCC(N)=O. The fourth-order valence-corrected chi connectivity index (χ4v) is 2.81. The minimum Gasteiger partial charge on any atom is -0.493 e. The number of nitrogens with two attached hydrogens (primary N) is 1. The Balaban J connectivity index is 1.87. The molecule has 0 aromatic heterocycles. The van der Waals surface area contributed by atoms with Crippen LogP contribution in [0.5, 0.6) is 11.5 Å². The Labute approximate surface area is 160 Å². The summed E-state index contributed by atoms with van der Waals surface area (Å²) in [5, 5.41) is 2.88. The van der Waals surface area contributed by atoms with Gasteiger partial charge in [0.05, 0.1) is 7.11 Å². The molecule has 2 aromatic carbocycles. The number of nitrogens with one attached hydrogen (secondary N) is 1. The van der Waals surface area contributed by atoms with Gasteiger partial charge >= 0.3 is 0 Å². The number of hydrogen-bond donors (Lipinski definition) is 2. The summed E-state index contributed by atoms with van der Waals surface area (Å²) in [5.41, 5.74) is 7.03.